The van der Waals surface area contributed by atoms with Gasteiger partial charge in [0.25, 0.3) is 5.91 Å². The Balaban J connectivity index is 2.08. The van der Waals surface area contributed by atoms with Crippen molar-refractivity contribution in [3.63, 3.8) is 0 Å². The fourth-order valence-corrected chi connectivity index (χ4v) is 2.62. The molecule has 0 radical (unpaired) electrons. The van der Waals surface area contributed by atoms with Crippen LogP contribution in [0.15, 0.2) is 30.3 Å². The molecule has 0 saturated carbocycles. The second kappa shape index (κ2) is 7.43. The number of nitrogens with one attached hydrogen (secondary N) is 1. The molecule has 6 heteroatoms. The summed E-state index contributed by atoms with van der Waals surface area (Å²) in [7, 11) is 0. The fraction of sp³-hybridized carbons (Fsp3) is 0.235. The molecule has 1 N–H and O–H groups in total. The maximum absolute atomic E-state index is 12.2. The van der Waals surface area contributed by atoms with Gasteiger partial charge in [0.15, 0.2) is 6.10 Å². The van der Waals surface area contributed by atoms with Crippen molar-refractivity contribution in [3.05, 3.63) is 56.5 Å². The molecule has 0 bridgehead atoms. The van der Waals surface area contributed by atoms with Gasteiger partial charge in [0.2, 0.25) is 0 Å². The van der Waals surface area contributed by atoms with Crippen molar-refractivity contribution in [1.82, 2.24) is 0 Å². The average molecular weight is 373 g/mol. The topological polar surface area (TPSA) is 38.3 Å². The Morgan fingerprint density at radius 3 is 2.26 bits per heavy atom. The van der Waals surface area contributed by atoms with Gasteiger partial charge in [-0.2, -0.15) is 0 Å². The lowest BCUT2D eigenvalue weighted by Gasteiger charge is -2.16. The molecule has 1 amide bonds. The number of anilines is 1. The third kappa shape index (κ3) is 4.54. The standard InChI is InChI=1S/C17H16Cl3NO2/c1-9-6-13(7-10(2)16(9)20)23-11(3)17(22)21-15-5-4-12(18)8-14(15)19/h4-8,11H,1-3H3,(H,21,22). The lowest BCUT2D eigenvalue weighted by Crippen LogP contribution is -2.30. The van der Waals surface area contributed by atoms with E-state index in [0.29, 0.717) is 26.5 Å². The van der Waals surface area contributed by atoms with Crippen molar-refractivity contribution in [2.24, 2.45) is 0 Å². The van der Waals surface area contributed by atoms with Gasteiger partial charge < -0.3 is 10.1 Å². The van der Waals surface area contributed by atoms with Gasteiger partial charge in [0.05, 0.1) is 10.7 Å². The van der Waals surface area contributed by atoms with Gasteiger partial charge in [-0.1, -0.05) is 34.8 Å². The van der Waals surface area contributed by atoms with Crippen LogP contribution in [-0.4, -0.2) is 12.0 Å². The second-order valence-electron chi connectivity index (χ2n) is 5.24. The Labute approximate surface area is 150 Å². The zero-order valence-corrected chi connectivity index (χ0v) is 15.2. The predicted octanol–water partition coefficient (Wildman–Crippen LogP) is 5.67. The summed E-state index contributed by atoms with van der Waals surface area (Å²) in [5, 5.41) is 4.29. The fourth-order valence-electron chi connectivity index (χ4n) is 2.06. The van der Waals surface area contributed by atoms with Crippen LogP contribution >= 0.6 is 34.8 Å². The average Bonchev–Trinajstić information content (AvgIpc) is 2.47. The Hall–Kier alpha value is -1.42. The van der Waals surface area contributed by atoms with Crippen molar-refractivity contribution in [2.45, 2.75) is 26.9 Å². The molecule has 1 unspecified atom stereocenters. The first kappa shape index (κ1) is 17.9. The van der Waals surface area contributed by atoms with E-state index in [9.17, 15) is 4.79 Å². The van der Waals surface area contributed by atoms with Crippen LogP contribution in [0.5, 0.6) is 5.75 Å². The van der Waals surface area contributed by atoms with E-state index in [2.05, 4.69) is 5.32 Å². The summed E-state index contributed by atoms with van der Waals surface area (Å²) in [6.07, 6.45) is -0.693. The minimum Gasteiger partial charge on any atom is -0.481 e. The number of benzene rings is 2. The van der Waals surface area contributed by atoms with Crippen molar-refractivity contribution in [2.75, 3.05) is 5.32 Å². The summed E-state index contributed by atoms with van der Waals surface area (Å²) in [5.74, 6) is 0.286. The normalized spacial score (nSPS) is 11.9. The summed E-state index contributed by atoms with van der Waals surface area (Å²) in [6, 6.07) is 8.46. The molecule has 0 spiro atoms. The lowest BCUT2D eigenvalue weighted by atomic mass is 10.1. The molecule has 23 heavy (non-hydrogen) atoms. The van der Waals surface area contributed by atoms with Gasteiger partial charge in [-0.05, 0) is 62.2 Å². The largest absolute Gasteiger partial charge is 0.481 e. The van der Waals surface area contributed by atoms with Crippen LogP contribution in [0.3, 0.4) is 0 Å². The molecule has 2 aromatic rings. The first-order valence-corrected chi connectivity index (χ1v) is 8.10. The van der Waals surface area contributed by atoms with E-state index < -0.39 is 6.10 Å². The first-order chi connectivity index (χ1) is 10.8. The molecule has 1 atom stereocenters. The van der Waals surface area contributed by atoms with Gasteiger partial charge in [0.1, 0.15) is 5.75 Å². The minimum absolute atomic E-state index is 0.306. The van der Waals surface area contributed by atoms with E-state index in [1.807, 2.05) is 13.8 Å². The van der Waals surface area contributed by atoms with Gasteiger partial charge in [-0.15, -0.1) is 0 Å². The highest BCUT2D eigenvalue weighted by atomic mass is 35.5. The molecule has 0 fully saturated rings. The summed E-state index contributed by atoms with van der Waals surface area (Å²) >= 11 is 18.0. The van der Waals surface area contributed by atoms with Crippen molar-refractivity contribution in [1.29, 1.82) is 0 Å². The van der Waals surface area contributed by atoms with E-state index >= 15 is 0 Å². The second-order valence-corrected chi connectivity index (χ2v) is 6.47. The molecule has 2 aromatic carbocycles. The highest BCUT2D eigenvalue weighted by Gasteiger charge is 2.17. The highest BCUT2D eigenvalue weighted by Crippen LogP contribution is 2.28. The highest BCUT2D eigenvalue weighted by molar-refractivity contribution is 6.36. The number of ether oxygens (including phenoxy) is 1. The number of halogens is 3. The van der Waals surface area contributed by atoms with Gasteiger partial charge >= 0.3 is 0 Å². The van der Waals surface area contributed by atoms with Crippen LogP contribution in [0.4, 0.5) is 5.69 Å². The zero-order chi connectivity index (χ0) is 17.1. The number of carbonyl (C=O) groups is 1. The van der Waals surface area contributed by atoms with Crippen molar-refractivity contribution >= 4 is 46.4 Å². The number of hydrogen-bond acceptors (Lipinski definition) is 2. The van der Waals surface area contributed by atoms with E-state index in [1.165, 1.54) is 0 Å². The van der Waals surface area contributed by atoms with Gasteiger partial charge in [-0.3, -0.25) is 4.79 Å². The lowest BCUT2D eigenvalue weighted by molar-refractivity contribution is -0.122. The molecule has 2 rings (SSSR count). The number of rotatable bonds is 4. The smallest absolute Gasteiger partial charge is 0.265 e. The molecule has 3 nitrogen and oxygen atoms in total. The summed E-state index contributed by atoms with van der Waals surface area (Å²) in [6.45, 7) is 5.44. The minimum atomic E-state index is -0.693. The molecular weight excluding hydrogens is 357 g/mol. The number of hydrogen-bond donors (Lipinski definition) is 1. The maximum atomic E-state index is 12.2. The Morgan fingerprint density at radius 2 is 1.70 bits per heavy atom. The van der Waals surface area contributed by atoms with Crippen LogP contribution in [0, 0.1) is 13.8 Å². The first-order valence-electron chi connectivity index (χ1n) is 6.97. The SMILES string of the molecule is Cc1cc(OC(C)C(=O)Nc2ccc(Cl)cc2Cl)cc(C)c1Cl. The number of amides is 1. The Morgan fingerprint density at radius 1 is 1.09 bits per heavy atom. The zero-order valence-electron chi connectivity index (χ0n) is 12.9. The third-order valence-corrected chi connectivity index (χ3v) is 4.43. The molecule has 0 aliphatic carbocycles. The van der Waals surface area contributed by atoms with Gasteiger partial charge in [0, 0.05) is 10.0 Å². The van der Waals surface area contributed by atoms with Crippen LogP contribution in [-0.2, 0) is 4.79 Å². The molecular formula is C17H16Cl3NO2. The Bertz CT molecular complexity index is 724. The number of aryl methyl sites for hydroxylation is 2. The van der Waals surface area contributed by atoms with Gasteiger partial charge in [-0.25, -0.2) is 0 Å². The van der Waals surface area contributed by atoms with E-state index in [-0.39, 0.29) is 5.91 Å². The van der Waals surface area contributed by atoms with Crippen LogP contribution in [0.1, 0.15) is 18.1 Å². The molecule has 0 aromatic heterocycles. The van der Waals surface area contributed by atoms with Crippen LogP contribution in [0.2, 0.25) is 15.1 Å². The van der Waals surface area contributed by atoms with Crippen LogP contribution in [0.25, 0.3) is 0 Å². The summed E-state index contributed by atoms with van der Waals surface area (Å²) < 4.78 is 5.69. The van der Waals surface area contributed by atoms with Crippen molar-refractivity contribution in [3.8, 4) is 5.75 Å². The van der Waals surface area contributed by atoms with E-state index in [0.717, 1.165) is 11.1 Å². The quantitative estimate of drug-likeness (QED) is 0.751. The van der Waals surface area contributed by atoms with E-state index in [1.54, 1.807) is 37.3 Å². The Kier molecular flexibility index (Phi) is 5.79. The number of carbonyl (C=O) groups excluding carboxylic acids is 1. The molecule has 0 saturated heterocycles. The monoisotopic (exact) mass is 371 g/mol. The maximum Gasteiger partial charge on any atom is 0.265 e. The van der Waals surface area contributed by atoms with Crippen LogP contribution < -0.4 is 10.1 Å². The molecule has 122 valence electrons. The van der Waals surface area contributed by atoms with E-state index in [4.69, 9.17) is 39.5 Å². The third-order valence-electron chi connectivity index (χ3n) is 3.28. The summed E-state index contributed by atoms with van der Waals surface area (Å²) in [5.41, 5.74) is 2.28. The van der Waals surface area contributed by atoms with Crippen molar-refractivity contribution < 1.29 is 9.53 Å². The predicted molar refractivity (Wildman–Crippen MR) is 96.1 cm³/mol. The molecule has 0 heterocycles. The summed E-state index contributed by atoms with van der Waals surface area (Å²) in [4.78, 5) is 12.2. The molecule has 0 aliphatic rings. The molecule has 0 aliphatic heterocycles.